The van der Waals surface area contributed by atoms with E-state index in [9.17, 15) is 9.59 Å². The zero-order valence-electron chi connectivity index (χ0n) is 14.0. The summed E-state index contributed by atoms with van der Waals surface area (Å²) in [5, 5.41) is 4.84. The number of para-hydroxylation sites is 1. The van der Waals surface area contributed by atoms with E-state index in [0.29, 0.717) is 11.3 Å². The normalized spacial score (nSPS) is 10.6. The summed E-state index contributed by atoms with van der Waals surface area (Å²) in [5.74, 6) is -0.220. The van der Waals surface area contributed by atoms with E-state index in [1.807, 2.05) is 24.3 Å². The molecule has 0 aliphatic heterocycles. The van der Waals surface area contributed by atoms with E-state index in [1.165, 1.54) is 12.2 Å². The highest BCUT2D eigenvalue weighted by Crippen LogP contribution is 2.20. The number of amides is 2. The molecule has 1 heterocycles. The Kier molecular flexibility index (Phi) is 4.81. The van der Waals surface area contributed by atoms with Crippen LogP contribution in [0.2, 0.25) is 0 Å². The number of furan rings is 1. The molecule has 0 fully saturated rings. The van der Waals surface area contributed by atoms with Crippen molar-refractivity contribution in [3.05, 3.63) is 65.9 Å². The number of benzene rings is 2. The van der Waals surface area contributed by atoms with Gasteiger partial charge in [0.15, 0.2) is 5.76 Å². The minimum Gasteiger partial charge on any atom is -0.451 e. The molecule has 0 saturated carbocycles. The van der Waals surface area contributed by atoms with Crippen molar-refractivity contribution in [2.45, 2.75) is 6.42 Å². The van der Waals surface area contributed by atoms with Crippen LogP contribution in [0.4, 0.5) is 5.69 Å². The molecule has 3 rings (SSSR count). The fraction of sp³-hybridized carbons (Fsp3) is 0.158. The first-order valence-electron chi connectivity index (χ1n) is 7.76. The van der Waals surface area contributed by atoms with Crippen molar-refractivity contribution in [2.75, 3.05) is 19.5 Å². The summed E-state index contributed by atoms with van der Waals surface area (Å²) in [6.07, 6.45) is 0.224. The Bertz CT molecular complexity index is 866. The van der Waals surface area contributed by atoms with Gasteiger partial charge in [0.25, 0.3) is 5.91 Å². The summed E-state index contributed by atoms with van der Waals surface area (Å²) in [6.45, 7) is 0. The molecule has 25 heavy (non-hydrogen) atoms. The number of hydroxylamine groups is 2. The highest BCUT2D eigenvalue weighted by atomic mass is 16.7. The fourth-order valence-corrected chi connectivity index (χ4v) is 2.38. The summed E-state index contributed by atoms with van der Waals surface area (Å²) >= 11 is 0. The molecule has 2 amide bonds. The van der Waals surface area contributed by atoms with E-state index >= 15 is 0 Å². The second-order valence-corrected chi connectivity index (χ2v) is 5.55. The van der Waals surface area contributed by atoms with Crippen LogP contribution in [0.3, 0.4) is 0 Å². The van der Waals surface area contributed by atoms with Crippen molar-refractivity contribution in [2.24, 2.45) is 0 Å². The van der Waals surface area contributed by atoms with Gasteiger partial charge in [0.2, 0.25) is 5.91 Å². The van der Waals surface area contributed by atoms with Gasteiger partial charge >= 0.3 is 0 Å². The van der Waals surface area contributed by atoms with Crippen molar-refractivity contribution >= 4 is 28.5 Å². The van der Waals surface area contributed by atoms with Gasteiger partial charge in [-0.25, -0.2) is 5.06 Å². The van der Waals surface area contributed by atoms with Gasteiger partial charge in [-0.15, -0.1) is 0 Å². The van der Waals surface area contributed by atoms with Crippen LogP contribution in [0.1, 0.15) is 16.1 Å². The molecular weight excluding hydrogens is 320 g/mol. The summed E-state index contributed by atoms with van der Waals surface area (Å²) < 4.78 is 5.54. The van der Waals surface area contributed by atoms with Crippen LogP contribution in [0.25, 0.3) is 11.0 Å². The van der Waals surface area contributed by atoms with Crippen LogP contribution >= 0.6 is 0 Å². The Balaban J connectivity index is 1.66. The van der Waals surface area contributed by atoms with Gasteiger partial charge in [0.05, 0.1) is 13.5 Å². The smallest absolute Gasteiger partial charge is 0.291 e. The molecule has 1 N–H and O–H groups in total. The van der Waals surface area contributed by atoms with Crippen LogP contribution in [0.5, 0.6) is 0 Å². The predicted octanol–water partition coefficient (Wildman–Crippen LogP) is 3.25. The SMILES string of the molecule is CON(C)C(=O)Cc1ccc(NC(=O)c2cc3ccccc3o2)cc1. The summed E-state index contributed by atoms with van der Waals surface area (Å²) in [5.41, 5.74) is 2.13. The number of anilines is 1. The van der Waals surface area contributed by atoms with Crippen LogP contribution in [0.15, 0.2) is 59.0 Å². The number of fused-ring (bicyclic) bond motifs is 1. The Hall–Kier alpha value is -3.12. The van der Waals surface area contributed by atoms with Crippen molar-refractivity contribution in [3.63, 3.8) is 0 Å². The second-order valence-electron chi connectivity index (χ2n) is 5.55. The van der Waals surface area contributed by atoms with Crippen molar-refractivity contribution in [1.29, 1.82) is 0 Å². The third-order valence-corrected chi connectivity index (χ3v) is 3.84. The second kappa shape index (κ2) is 7.19. The van der Waals surface area contributed by atoms with Crippen molar-refractivity contribution < 1.29 is 18.8 Å². The summed E-state index contributed by atoms with van der Waals surface area (Å²) in [7, 11) is 3.00. The van der Waals surface area contributed by atoms with Crippen LogP contribution in [0, 0.1) is 0 Å². The highest BCUT2D eigenvalue weighted by Gasteiger charge is 2.13. The van der Waals surface area contributed by atoms with Gasteiger partial charge in [-0.2, -0.15) is 0 Å². The van der Waals surface area contributed by atoms with Gasteiger partial charge in [0, 0.05) is 18.1 Å². The third kappa shape index (κ3) is 3.87. The number of carbonyl (C=O) groups is 2. The van der Waals surface area contributed by atoms with Gasteiger partial charge in [-0.3, -0.25) is 14.4 Å². The lowest BCUT2D eigenvalue weighted by Gasteiger charge is -2.13. The Morgan fingerprint density at radius 1 is 1.12 bits per heavy atom. The van der Waals surface area contributed by atoms with Gasteiger partial charge < -0.3 is 9.73 Å². The summed E-state index contributed by atoms with van der Waals surface area (Å²) in [4.78, 5) is 28.9. The zero-order valence-corrected chi connectivity index (χ0v) is 14.0. The highest BCUT2D eigenvalue weighted by molar-refractivity contribution is 6.04. The predicted molar refractivity (Wildman–Crippen MR) is 94.1 cm³/mol. The molecule has 0 spiro atoms. The first-order valence-corrected chi connectivity index (χ1v) is 7.76. The van der Waals surface area contributed by atoms with Gasteiger partial charge in [-0.05, 0) is 29.8 Å². The van der Waals surface area contributed by atoms with E-state index in [1.54, 1.807) is 37.4 Å². The monoisotopic (exact) mass is 338 g/mol. The molecule has 128 valence electrons. The van der Waals surface area contributed by atoms with Crippen LogP contribution in [-0.2, 0) is 16.1 Å². The maximum absolute atomic E-state index is 12.3. The molecule has 0 bridgehead atoms. The molecule has 0 unspecified atom stereocenters. The average Bonchev–Trinajstić information content (AvgIpc) is 3.07. The van der Waals surface area contributed by atoms with E-state index in [-0.39, 0.29) is 24.0 Å². The van der Waals surface area contributed by atoms with Crippen LogP contribution < -0.4 is 5.32 Å². The molecule has 6 heteroatoms. The largest absolute Gasteiger partial charge is 0.451 e. The van der Waals surface area contributed by atoms with E-state index in [4.69, 9.17) is 9.25 Å². The molecule has 0 radical (unpaired) electrons. The number of hydrogen-bond acceptors (Lipinski definition) is 4. The molecule has 0 aliphatic rings. The Morgan fingerprint density at radius 2 is 1.84 bits per heavy atom. The molecule has 3 aromatic rings. The molecule has 0 atom stereocenters. The molecule has 6 nitrogen and oxygen atoms in total. The first kappa shape index (κ1) is 16.7. The minimum atomic E-state index is -0.320. The standard InChI is InChI=1S/C19H18N2O4/c1-21(24-2)18(22)11-13-7-9-15(10-8-13)20-19(23)17-12-14-5-3-4-6-16(14)25-17/h3-10,12H,11H2,1-2H3,(H,20,23). The fourth-order valence-electron chi connectivity index (χ4n) is 2.38. The average molecular weight is 338 g/mol. The molecular formula is C19H18N2O4. The lowest BCUT2D eigenvalue weighted by Crippen LogP contribution is -2.26. The number of likely N-dealkylation sites (N-methyl/N-ethyl adjacent to an activating group) is 1. The number of carbonyl (C=O) groups excluding carboxylic acids is 2. The van der Waals surface area contributed by atoms with E-state index in [0.717, 1.165) is 10.9 Å². The number of rotatable bonds is 5. The zero-order chi connectivity index (χ0) is 17.8. The van der Waals surface area contributed by atoms with E-state index in [2.05, 4.69) is 5.32 Å². The number of hydrogen-bond donors (Lipinski definition) is 1. The summed E-state index contributed by atoms with van der Waals surface area (Å²) in [6, 6.07) is 16.2. The molecule has 1 aromatic heterocycles. The van der Waals surface area contributed by atoms with Gasteiger partial charge in [-0.1, -0.05) is 30.3 Å². The van der Waals surface area contributed by atoms with E-state index < -0.39 is 0 Å². The lowest BCUT2D eigenvalue weighted by atomic mass is 10.1. The maximum atomic E-state index is 12.3. The van der Waals surface area contributed by atoms with Crippen LogP contribution in [-0.4, -0.2) is 31.0 Å². The van der Waals surface area contributed by atoms with Crippen molar-refractivity contribution in [3.8, 4) is 0 Å². The Labute approximate surface area is 144 Å². The number of nitrogens with one attached hydrogen (secondary N) is 1. The number of nitrogens with zero attached hydrogens (tertiary/aromatic N) is 1. The molecule has 0 saturated heterocycles. The lowest BCUT2D eigenvalue weighted by molar-refractivity contribution is -0.167. The van der Waals surface area contributed by atoms with Crippen molar-refractivity contribution in [1.82, 2.24) is 5.06 Å². The Morgan fingerprint density at radius 3 is 2.52 bits per heavy atom. The molecule has 0 aliphatic carbocycles. The third-order valence-electron chi connectivity index (χ3n) is 3.84. The maximum Gasteiger partial charge on any atom is 0.291 e. The topological polar surface area (TPSA) is 71.8 Å². The first-order chi connectivity index (χ1) is 12.1. The quantitative estimate of drug-likeness (QED) is 0.725. The van der Waals surface area contributed by atoms with Gasteiger partial charge in [0.1, 0.15) is 5.58 Å². The molecule has 2 aromatic carbocycles. The minimum absolute atomic E-state index is 0.151.